The molecule has 32 heavy (non-hydrogen) atoms. The van der Waals surface area contributed by atoms with E-state index in [2.05, 4.69) is 15.6 Å². The van der Waals surface area contributed by atoms with Crippen LogP contribution in [0.2, 0.25) is 5.02 Å². The molecule has 9 nitrogen and oxygen atoms in total. The fourth-order valence-electron chi connectivity index (χ4n) is 3.22. The van der Waals surface area contributed by atoms with Crippen LogP contribution in [-0.2, 0) is 11.2 Å². The average Bonchev–Trinajstić information content (AvgIpc) is 3.47. The van der Waals surface area contributed by atoms with E-state index in [1.807, 2.05) is 0 Å². The van der Waals surface area contributed by atoms with E-state index in [0.29, 0.717) is 53.5 Å². The number of urea groups is 1. The first-order valence-corrected chi connectivity index (χ1v) is 11.1. The number of piperazine rings is 1. The van der Waals surface area contributed by atoms with Crippen LogP contribution in [0, 0.1) is 0 Å². The molecule has 0 spiro atoms. The number of hydrogen-bond donors (Lipinski definition) is 2. The van der Waals surface area contributed by atoms with Gasteiger partial charge >= 0.3 is 6.03 Å². The lowest BCUT2D eigenvalue weighted by molar-refractivity contribution is -0.132. The third-order valence-corrected chi connectivity index (χ3v) is 5.92. The summed E-state index contributed by atoms with van der Waals surface area (Å²) in [5, 5.41) is 8.06. The van der Waals surface area contributed by atoms with Crippen molar-refractivity contribution in [1.29, 1.82) is 0 Å². The molecule has 1 saturated heterocycles. The van der Waals surface area contributed by atoms with E-state index >= 15 is 0 Å². The molecule has 0 bridgehead atoms. The van der Waals surface area contributed by atoms with E-state index in [0.717, 1.165) is 0 Å². The lowest BCUT2D eigenvalue weighted by Crippen LogP contribution is -2.50. The molecule has 2 aromatic heterocycles. The average molecular weight is 474 g/mol. The number of aromatic nitrogens is 1. The molecule has 0 atom stereocenters. The molecule has 11 heteroatoms. The molecule has 166 valence electrons. The zero-order valence-electron chi connectivity index (χ0n) is 16.9. The van der Waals surface area contributed by atoms with Crippen molar-refractivity contribution in [2.45, 2.75) is 6.42 Å². The van der Waals surface area contributed by atoms with Gasteiger partial charge in [-0.3, -0.25) is 14.9 Å². The van der Waals surface area contributed by atoms with Crippen molar-refractivity contribution >= 4 is 51.6 Å². The molecule has 4 amide bonds. The molecular weight excluding hydrogens is 454 g/mol. The second-order valence-electron chi connectivity index (χ2n) is 7.06. The Bertz CT molecular complexity index is 1090. The van der Waals surface area contributed by atoms with Crippen LogP contribution in [-0.4, -0.2) is 58.8 Å². The molecule has 4 rings (SSSR count). The summed E-state index contributed by atoms with van der Waals surface area (Å²) in [6.07, 6.45) is 1.59. The fourth-order valence-corrected chi connectivity index (χ4v) is 4.05. The van der Waals surface area contributed by atoms with Crippen molar-refractivity contribution in [2.75, 3.05) is 36.8 Å². The van der Waals surface area contributed by atoms with Crippen molar-refractivity contribution in [1.82, 2.24) is 14.8 Å². The molecule has 0 radical (unpaired) electrons. The zero-order valence-corrected chi connectivity index (χ0v) is 18.5. The van der Waals surface area contributed by atoms with Crippen LogP contribution in [0.25, 0.3) is 0 Å². The van der Waals surface area contributed by atoms with Crippen LogP contribution in [0.1, 0.15) is 16.2 Å². The van der Waals surface area contributed by atoms with Gasteiger partial charge in [-0.2, -0.15) is 0 Å². The van der Waals surface area contributed by atoms with E-state index in [1.165, 1.54) is 17.6 Å². The minimum atomic E-state index is -0.433. The first-order valence-electron chi connectivity index (χ1n) is 9.86. The van der Waals surface area contributed by atoms with E-state index in [1.54, 1.807) is 51.6 Å². The Balaban J connectivity index is 1.24. The molecule has 0 saturated carbocycles. The molecule has 0 aliphatic carbocycles. The summed E-state index contributed by atoms with van der Waals surface area (Å²) in [6, 6.07) is 9.60. The fraction of sp³-hybridized carbons (Fsp3) is 0.238. The Morgan fingerprint density at radius 3 is 2.44 bits per heavy atom. The number of nitrogens with zero attached hydrogens (tertiary/aromatic N) is 3. The van der Waals surface area contributed by atoms with Crippen molar-refractivity contribution in [3.8, 4) is 0 Å². The van der Waals surface area contributed by atoms with Crippen LogP contribution in [0.3, 0.4) is 0 Å². The van der Waals surface area contributed by atoms with Crippen LogP contribution < -0.4 is 10.6 Å². The number of thiazole rings is 1. The summed E-state index contributed by atoms with van der Waals surface area (Å²) < 4.78 is 5.15. The largest absolute Gasteiger partial charge is 0.459 e. The number of rotatable bonds is 5. The van der Waals surface area contributed by atoms with Crippen molar-refractivity contribution in [3.63, 3.8) is 0 Å². The highest BCUT2D eigenvalue weighted by atomic mass is 35.5. The van der Waals surface area contributed by atoms with Gasteiger partial charge in [0, 0.05) is 42.3 Å². The molecule has 3 aromatic rings. The number of furan rings is 1. The molecule has 1 fully saturated rings. The Labute approximate surface area is 193 Å². The van der Waals surface area contributed by atoms with Gasteiger partial charge < -0.3 is 19.5 Å². The number of nitrogens with one attached hydrogen (secondary N) is 2. The van der Waals surface area contributed by atoms with E-state index in [4.69, 9.17) is 16.0 Å². The highest BCUT2D eigenvalue weighted by molar-refractivity contribution is 7.14. The monoisotopic (exact) mass is 473 g/mol. The molecule has 0 unspecified atom stereocenters. The summed E-state index contributed by atoms with van der Waals surface area (Å²) in [5.41, 5.74) is 1.18. The SMILES string of the molecule is O=C(Nc1ccc(Cl)cc1)Nc1nc(CC(=O)N2CCN(C(=O)c3ccco3)CC2)cs1. The van der Waals surface area contributed by atoms with Crippen LogP contribution in [0.15, 0.2) is 52.5 Å². The molecule has 1 aliphatic heterocycles. The number of carbonyl (C=O) groups excluding carboxylic acids is 3. The number of amides is 4. The normalized spacial score (nSPS) is 13.7. The third-order valence-electron chi connectivity index (χ3n) is 4.86. The predicted octanol–water partition coefficient (Wildman–Crippen LogP) is 3.56. The second-order valence-corrected chi connectivity index (χ2v) is 8.35. The van der Waals surface area contributed by atoms with Gasteiger partial charge in [-0.05, 0) is 36.4 Å². The number of carbonyl (C=O) groups is 3. The third kappa shape index (κ3) is 5.45. The van der Waals surface area contributed by atoms with Gasteiger partial charge in [-0.15, -0.1) is 11.3 Å². The van der Waals surface area contributed by atoms with Gasteiger partial charge in [0.15, 0.2) is 10.9 Å². The summed E-state index contributed by atoms with van der Waals surface area (Å²) in [7, 11) is 0. The smallest absolute Gasteiger partial charge is 0.325 e. The molecule has 2 N–H and O–H groups in total. The van der Waals surface area contributed by atoms with Gasteiger partial charge in [0.2, 0.25) is 5.91 Å². The number of hydrogen-bond acceptors (Lipinski definition) is 6. The first kappa shape index (κ1) is 21.8. The number of benzene rings is 1. The zero-order chi connectivity index (χ0) is 22.5. The lowest BCUT2D eigenvalue weighted by atomic mass is 10.2. The Morgan fingerprint density at radius 1 is 1.03 bits per heavy atom. The maximum Gasteiger partial charge on any atom is 0.325 e. The summed E-state index contributed by atoms with van der Waals surface area (Å²) >= 11 is 7.08. The van der Waals surface area contributed by atoms with Crippen molar-refractivity contribution < 1.29 is 18.8 Å². The number of halogens is 1. The molecular formula is C21H20ClN5O4S. The maximum atomic E-state index is 12.6. The summed E-state index contributed by atoms with van der Waals surface area (Å²) in [5.74, 6) is 0.0548. The Hall–Kier alpha value is -3.37. The highest BCUT2D eigenvalue weighted by Gasteiger charge is 2.26. The highest BCUT2D eigenvalue weighted by Crippen LogP contribution is 2.18. The predicted molar refractivity (Wildman–Crippen MR) is 121 cm³/mol. The molecule has 1 aliphatic rings. The summed E-state index contributed by atoms with van der Waals surface area (Å²) in [6.45, 7) is 1.79. The first-order chi connectivity index (χ1) is 15.5. The number of anilines is 2. The quantitative estimate of drug-likeness (QED) is 0.589. The van der Waals surface area contributed by atoms with Crippen molar-refractivity contribution in [2.24, 2.45) is 0 Å². The second kappa shape index (κ2) is 9.84. The van der Waals surface area contributed by atoms with Crippen LogP contribution in [0.5, 0.6) is 0 Å². The van der Waals surface area contributed by atoms with E-state index in [-0.39, 0.29) is 18.2 Å². The maximum absolute atomic E-state index is 12.6. The van der Waals surface area contributed by atoms with Gasteiger partial charge in [0.25, 0.3) is 5.91 Å². The molecule has 1 aromatic carbocycles. The minimum Gasteiger partial charge on any atom is -0.459 e. The van der Waals surface area contributed by atoms with Gasteiger partial charge in [-0.1, -0.05) is 11.6 Å². The van der Waals surface area contributed by atoms with Gasteiger partial charge in [-0.25, -0.2) is 9.78 Å². The van der Waals surface area contributed by atoms with E-state index in [9.17, 15) is 14.4 Å². The van der Waals surface area contributed by atoms with Crippen LogP contribution in [0.4, 0.5) is 15.6 Å². The van der Waals surface area contributed by atoms with Crippen molar-refractivity contribution in [3.05, 3.63) is 64.5 Å². The van der Waals surface area contributed by atoms with Gasteiger partial charge in [0.05, 0.1) is 18.4 Å². The van der Waals surface area contributed by atoms with E-state index < -0.39 is 6.03 Å². The molecule has 3 heterocycles. The topological polar surface area (TPSA) is 108 Å². The Morgan fingerprint density at radius 2 is 1.75 bits per heavy atom. The Kier molecular flexibility index (Phi) is 6.72. The van der Waals surface area contributed by atoms with Gasteiger partial charge in [0.1, 0.15) is 0 Å². The summed E-state index contributed by atoms with van der Waals surface area (Å²) in [4.78, 5) is 44.8. The minimum absolute atomic E-state index is 0.0717. The lowest BCUT2D eigenvalue weighted by Gasteiger charge is -2.34. The standard InChI is InChI=1S/C21H20ClN5O4S/c22-14-3-5-15(6-4-14)23-20(30)25-21-24-16(13-32-21)12-18(28)26-7-9-27(10-8-26)19(29)17-2-1-11-31-17/h1-6,11,13H,7-10,12H2,(H2,23,24,25,30). The van der Waals surface area contributed by atoms with Crippen LogP contribution >= 0.6 is 22.9 Å².